The van der Waals surface area contributed by atoms with Gasteiger partial charge in [-0.05, 0) is 47.5 Å². The molecular formula is C25H20ClFN4O4S. The SMILES string of the molecule is COc1ccc(Cl)c(CC(=O)N2Cc3ccc(O)cc3CC2C(=O)Nc2cccc3nsnc23)c1F. The zero-order chi connectivity index (χ0) is 25.4. The van der Waals surface area contributed by atoms with Crippen LogP contribution in [0.5, 0.6) is 11.5 Å². The quantitative estimate of drug-likeness (QED) is 0.401. The number of halogens is 2. The Kier molecular flexibility index (Phi) is 6.46. The summed E-state index contributed by atoms with van der Waals surface area (Å²) in [6.45, 7) is 0.109. The molecule has 184 valence electrons. The standard InChI is InChI=1S/C25H20ClFN4O4S/c1-35-21-8-7-17(26)16(23(21)27)11-22(33)31-12-13-5-6-15(32)9-14(13)10-20(31)25(34)28-18-3-2-4-19-24(18)30-36-29-19/h2-9,20,32H,10-12H2,1H3,(H,28,34). The van der Waals surface area contributed by atoms with Crippen LogP contribution in [0.25, 0.3) is 11.0 Å². The first kappa shape index (κ1) is 24.0. The smallest absolute Gasteiger partial charge is 0.247 e. The lowest BCUT2D eigenvalue weighted by molar-refractivity contribution is -0.139. The van der Waals surface area contributed by atoms with Crippen molar-refractivity contribution in [1.29, 1.82) is 0 Å². The first-order valence-corrected chi connectivity index (χ1v) is 12.1. The molecule has 0 saturated carbocycles. The van der Waals surface area contributed by atoms with Gasteiger partial charge in [-0.25, -0.2) is 4.39 Å². The Hall–Kier alpha value is -3.76. The molecule has 1 atom stereocenters. The highest BCUT2D eigenvalue weighted by Gasteiger charge is 2.36. The molecule has 1 aliphatic rings. The molecule has 11 heteroatoms. The highest BCUT2D eigenvalue weighted by molar-refractivity contribution is 7.00. The monoisotopic (exact) mass is 526 g/mol. The third-order valence-electron chi connectivity index (χ3n) is 6.19. The number of ether oxygens (including phenoxy) is 1. The van der Waals surface area contributed by atoms with Crippen LogP contribution in [-0.4, -0.2) is 43.7 Å². The minimum absolute atomic E-state index is 0.00464. The summed E-state index contributed by atoms with van der Waals surface area (Å²) in [6, 6.07) is 12.0. The third kappa shape index (κ3) is 4.45. The number of carbonyl (C=O) groups is 2. The maximum atomic E-state index is 14.9. The van der Waals surface area contributed by atoms with Gasteiger partial charge in [-0.2, -0.15) is 8.75 Å². The fourth-order valence-electron chi connectivity index (χ4n) is 4.34. The van der Waals surface area contributed by atoms with Crippen LogP contribution >= 0.6 is 23.3 Å². The second-order valence-corrected chi connectivity index (χ2v) is 9.28. The maximum Gasteiger partial charge on any atom is 0.247 e. The number of nitrogens with one attached hydrogen (secondary N) is 1. The van der Waals surface area contributed by atoms with Gasteiger partial charge in [-0.3, -0.25) is 9.59 Å². The number of anilines is 1. The molecule has 0 bridgehead atoms. The van der Waals surface area contributed by atoms with Gasteiger partial charge >= 0.3 is 0 Å². The van der Waals surface area contributed by atoms with Gasteiger partial charge in [0.1, 0.15) is 22.8 Å². The van der Waals surface area contributed by atoms with Crippen molar-refractivity contribution in [2.75, 3.05) is 12.4 Å². The van der Waals surface area contributed by atoms with Gasteiger partial charge in [0.15, 0.2) is 11.6 Å². The number of aromatic hydroxyl groups is 1. The first-order valence-electron chi connectivity index (χ1n) is 11.0. The lowest BCUT2D eigenvalue weighted by atomic mass is 9.92. The number of hydrogen-bond donors (Lipinski definition) is 2. The summed E-state index contributed by atoms with van der Waals surface area (Å²) in [4.78, 5) is 28.4. The number of amides is 2. The van der Waals surface area contributed by atoms with Gasteiger partial charge in [0.2, 0.25) is 11.8 Å². The van der Waals surface area contributed by atoms with Crippen molar-refractivity contribution >= 4 is 51.9 Å². The van der Waals surface area contributed by atoms with Crippen LogP contribution in [0.4, 0.5) is 10.1 Å². The largest absolute Gasteiger partial charge is 0.508 e. The van der Waals surface area contributed by atoms with Crippen LogP contribution in [0.1, 0.15) is 16.7 Å². The Bertz CT molecular complexity index is 1490. The van der Waals surface area contributed by atoms with E-state index >= 15 is 0 Å². The van der Waals surface area contributed by atoms with Crippen LogP contribution in [0.3, 0.4) is 0 Å². The van der Waals surface area contributed by atoms with Gasteiger partial charge in [-0.1, -0.05) is 23.7 Å². The van der Waals surface area contributed by atoms with E-state index in [1.165, 1.54) is 30.2 Å². The zero-order valence-electron chi connectivity index (χ0n) is 19.0. The number of nitrogens with zero attached hydrogens (tertiary/aromatic N) is 3. The van der Waals surface area contributed by atoms with Crippen molar-refractivity contribution in [2.24, 2.45) is 0 Å². The predicted molar refractivity (Wildman–Crippen MR) is 134 cm³/mol. The highest BCUT2D eigenvalue weighted by atomic mass is 35.5. The Morgan fingerprint density at radius 3 is 2.86 bits per heavy atom. The van der Waals surface area contributed by atoms with E-state index in [2.05, 4.69) is 14.1 Å². The van der Waals surface area contributed by atoms with Crippen LogP contribution < -0.4 is 10.1 Å². The molecule has 1 aliphatic heterocycles. The first-order chi connectivity index (χ1) is 17.4. The van der Waals surface area contributed by atoms with E-state index < -0.39 is 23.7 Å². The van der Waals surface area contributed by atoms with E-state index in [0.29, 0.717) is 16.7 Å². The summed E-state index contributed by atoms with van der Waals surface area (Å²) in [5.74, 6) is -1.59. The van der Waals surface area contributed by atoms with Crippen molar-refractivity contribution in [3.8, 4) is 11.5 Å². The number of fused-ring (bicyclic) bond motifs is 2. The zero-order valence-corrected chi connectivity index (χ0v) is 20.6. The summed E-state index contributed by atoms with van der Waals surface area (Å²) in [6.07, 6.45) is -0.189. The maximum absolute atomic E-state index is 14.9. The lowest BCUT2D eigenvalue weighted by Crippen LogP contribution is -2.51. The molecule has 1 unspecified atom stereocenters. The molecule has 8 nitrogen and oxygen atoms in total. The summed E-state index contributed by atoms with van der Waals surface area (Å²) in [5, 5.41) is 12.9. The number of methoxy groups -OCH3 is 1. The number of benzene rings is 3. The number of phenolic OH excluding ortho intramolecular Hbond substituents is 1. The van der Waals surface area contributed by atoms with E-state index in [0.717, 1.165) is 22.9 Å². The fourth-order valence-corrected chi connectivity index (χ4v) is 5.10. The molecule has 1 aromatic heterocycles. The molecule has 3 aromatic carbocycles. The highest BCUT2D eigenvalue weighted by Crippen LogP contribution is 2.31. The van der Waals surface area contributed by atoms with Gasteiger partial charge in [0.05, 0.1) is 30.9 Å². The normalized spacial score (nSPS) is 15.0. The average Bonchev–Trinajstić information content (AvgIpc) is 3.35. The molecule has 4 aromatic rings. The Labute approximate surface area is 214 Å². The number of rotatable bonds is 5. The predicted octanol–water partition coefficient (Wildman–Crippen LogP) is 4.33. The van der Waals surface area contributed by atoms with E-state index in [1.54, 1.807) is 30.3 Å². The Morgan fingerprint density at radius 1 is 1.22 bits per heavy atom. The topological polar surface area (TPSA) is 105 Å². The molecule has 2 amide bonds. The van der Waals surface area contributed by atoms with E-state index in [1.807, 2.05) is 0 Å². The molecule has 5 rings (SSSR count). The molecule has 2 heterocycles. The summed E-state index contributed by atoms with van der Waals surface area (Å²) >= 11 is 7.24. The summed E-state index contributed by atoms with van der Waals surface area (Å²) in [5.41, 5.74) is 3.20. The minimum Gasteiger partial charge on any atom is -0.508 e. The van der Waals surface area contributed by atoms with Gasteiger partial charge in [0.25, 0.3) is 0 Å². The summed E-state index contributed by atoms with van der Waals surface area (Å²) < 4.78 is 28.4. The molecule has 0 radical (unpaired) electrons. The van der Waals surface area contributed by atoms with Gasteiger partial charge < -0.3 is 20.1 Å². The van der Waals surface area contributed by atoms with Crippen LogP contribution in [0.2, 0.25) is 5.02 Å². The molecule has 0 aliphatic carbocycles. The molecule has 0 fully saturated rings. The molecule has 0 saturated heterocycles. The van der Waals surface area contributed by atoms with Crippen LogP contribution in [0, 0.1) is 5.82 Å². The molecule has 0 spiro atoms. The lowest BCUT2D eigenvalue weighted by Gasteiger charge is -2.36. The fraction of sp³-hybridized carbons (Fsp3) is 0.200. The molecule has 36 heavy (non-hydrogen) atoms. The van der Waals surface area contributed by atoms with Crippen molar-refractivity contribution in [1.82, 2.24) is 13.6 Å². The van der Waals surface area contributed by atoms with Gasteiger partial charge in [0, 0.05) is 23.6 Å². The van der Waals surface area contributed by atoms with Crippen molar-refractivity contribution in [2.45, 2.75) is 25.4 Å². The van der Waals surface area contributed by atoms with Crippen LogP contribution in [0.15, 0.2) is 48.5 Å². The third-order valence-corrected chi connectivity index (χ3v) is 7.08. The van der Waals surface area contributed by atoms with E-state index in [-0.39, 0.29) is 41.5 Å². The second kappa shape index (κ2) is 9.71. The van der Waals surface area contributed by atoms with Crippen molar-refractivity contribution in [3.63, 3.8) is 0 Å². The molecule has 2 N–H and O–H groups in total. The number of aromatic nitrogens is 2. The minimum atomic E-state index is -0.916. The van der Waals surface area contributed by atoms with E-state index in [4.69, 9.17) is 16.3 Å². The summed E-state index contributed by atoms with van der Waals surface area (Å²) in [7, 11) is 1.33. The van der Waals surface area contributed by atoms with Crippen molar-refractivity contribution < 1.29 is 23.8 Å². The number of phenols is 1. The Morgan fingerprint density at radius 2 is 2.06 bits per heavy atom. The van der Waals surface area contributed by atoms with Crippen LogP contribution in [-0.2, 0) is 29.0 Å². The van der Waals surface area contributed by atoms with Gasteiger partial charge in [-0.15, -0.1) is 0 Å². The molecular weight excluding hydrogens is 507 g/mol. The Balaban J connectivity index is 1.48. The van der Waals surface area contributed by atoms with Crippen molar-refractivity contribution in [3.05, 3.63) is 76.1 Å². The average molecular weight is 527 g/mol. The van der Waals surface area contributed by atoms with E-state index in [9.17, 15) is 19.1 Å². The second-order valence-electron chi connectivity index (χ2n) is 8.34. The number of hydrogen-bond acceptors (Lipinski definition) is 7. The number of carbonyl (C=O) groups excluding carboxylic acids is 2.